The summed E-state index contributed by atoms with van der Waals surface area (Å²) < 4.78 is 2.47. The van der Waals surface area contributed by atoms with Gasteiger partial charge in [-0.2, -0.15) is 0 Å². The van der Waals surface area contributed by atoms with E-state index >= 15 is 0 Å². The Kier molecular flexibility index (Phi) is 1.59. The van der Waals surface area contributed by atoms with Crippen molar-refractivity contribution in [3.8, 4) is 11.4 Å². The maximum absolute atomic E-state index is 4.87. The number of hydrogen-bond acceptors (Lipinski definition) is 1. The molecule has 2 aromatic rings. The summed E-state index contributed by atoms with van der Waals surface area (Å²) in [4.78, 5) is 4.87. The Labute approximate surface area is 112 Å². The molecule has 1 aromatic carbocycles. The van der Waals surface area contributed by atoms with Crippen LogP contribution in [0.3, 0.4) is 0 Å². The molecular formula is C17H16N2. The van der Waals surface area contributed by atoms with Crippen LogP contribution in [0.2, 0.25) is 0 Å². The van der Waals surface area contributed by atoms with Crippen molar-refractivity contribution in [2.75, 3.05) is 0 Å². The van der Waals surface area contributed by atoms with Crippen LogP contribution in [0, 0.1) is 12.8 Å². The van der Waals surface area contributed by atoms with Gasteiger partial charge < -0.3 is 0 Å². The Morgan fingerprint density at radius 1 is 1.21 bits per heavy atom. The standard InChI is InChI=1S/C17H16N2/c1-9-11-7-8-14-10(2)18-17-13-6-4-3-5-12(13)15(11)16(9)19(14)17/h3-6,11,15H,7-8H2,1-2H3/t11-,15?/m0/s1. The van der Waals surface area contributed by atoms with E-state index in [9.17, 15) is 0 Å². The van der Waals surface area contributed by atoms with Crippen LogP contribution in [-0.2, 0) is 6.42 Å². The Morgan fingerprint density at radius 3 is 2.95 bits per heavy atom. The lowest BCUT2D eigenvalue weighted by Crippen LogP contribution is -2.31. The molecule has 2 heteroatoms. The second-order valence-electron chi connectivity index (χ2n) is 6.08. The van der Waals surface area contributed by atoms with Crippen LogP contribution >= 0.6 is 0 Å². The summed E-state index contributed by atoms with van der Waals surface area (Å²) in [7, 11) is 0. The van der Waals surface area contributed by atoms with Gasteiger partial charge in [-0.05, 0) is 43.7 Å². The summed E-state index contributed by atoms with van der Waals surface area (Å²) in [6.45, 7) is 4.48. The Bertz CT molecular complexity index is 764. The summed E-state index contributed by atoms with van der Waals surface area (Å²) in [5.41, 5.74) is 8.65. The highest BCUT2D eigenvalue weighted by atomic mass is 15.1. The van der Waals surface area contributed by atoms with Gasteiger partial charge in [-0.3, -0.25) is 4.57 Å². The fourth-order valence-electron chi connectivity index (χ4n) is 4.40. The molecule has 94 valence electrons. The molecule has 19 heavy (non-hydrogen) atoms. The summed E-state index contributed by atoms with van der Waals surface area (Å²) in [6, 6.07) is 8.85. The van der Waals surface area contributed by atoms with E-state index in [0.29, 0.717) is 5.92 Å². The predicted molar refractivity (Wildman–Crippen MR) is 75.8 cm³/mol. The SMILES string of the molecule is CC1=C2C3c4ccccc4-c4nc(C)c(n42)CC[C@@H]13. The van der Waals surface area contributed by atoms with Crippen molar-refractivity contribution >= 4 is 5.70 Å². The molecule has 1 aliphatic carbocycles. The third-order valence-corrected chi connectivity index (χ3v) is 5.30. The van der Waals surface area contributed by atoms with Gasteiger partial charge >= 0.3 is 0 Å². The lowest BCUT2D eigenvalue weighted by Gasteiger charge is -2.43. The van der Waals surface area contributed by atoms with Gasteiger partial charge in [-0.15, -0.1) is 0 Å². The Hall–Kier alpha value is -1.83. The highest BCUT2D eigenvalue weighted by Gasteiger charge is 2.47. The summed E-state index contributed by atoms with van der Waals surface area (Å²) in [6.07, 6.45) is 2.45. The molecule has 0 N–H and O–H groups in total. The number of aromatic nitrogens is 2. The van der Waals surface area contributed by atoms with Crippen molar-refractivity contribution in [2.24, 2.45) is 5.92 Å². The number of nitrogens with zero attached hydrogens (tertiary/aromatic N) is 2. The molecule has 1 aromatic heterocycles. The molecule has 0 spiro atoms. The Balaban J connectivity index is 1.98. The molecule has 0 fully saturated rings. The van der Waals surface area contributed by atoms with E-state index < -0.39 is 0 Å². The van der Waals surface area contributed by atoms with Crippen molar-refractivity contribution in [1.29, 1.82) is 0 Å². The molecule has 0 saturated carbocycles. The maximum atomic E-state index is 4.87. The topological polar surface area (TPSA) is 17.8 Å². The maximum Gasteiger partial charge on any atom is 0.145 e. The van der Waals surface area contributed by atoms with Crippen LogP contribution in [0.25, 0.3) is 17.1 Å². The first-order valence-corrected chi connectivity index (χ1v) is 7.16. The van der Waals surface area contributed by atoms with Gasteiger partial charge in [0.2, 0.25) is 0 Å². The van der Waals surface area contributed by atoms with Crippen LogP contribution in [0.4, 0.5) is 0 Å². The molecule has 0 saturated heterocycles. The summed E-state index contributed by atoms with van der Waals surface area (Å²) in [5, 5.41) is 0. The minimum Gasteiger partial charge on any atom is -0.300 e. The number of allylic oxidation sites excluding steroid dienone is 2. The van der Waals surface area contributed by atoms with Gasteiger partial charge in [0.05, 0.1) is 5.69 Å². The van der Waals surface area contributed by atoms with Crippen LogP contribution in [-0.4, -0.2) is 9.55 Å². The van der Waals surface area contributed by atoms with Crippen molar-refractivity contribution in [3.05, 3.63) is 46.8 Å². The van der Waals surface area contributed by atoms with E-state index in [2.05, 4.69) is 42.7 Å². The third-order valence-electron chi connectivity index (χ3n) is 5.30. The van der Waals surface area contributed by atoms with Gasteiger partial charge in [0.25, 0.3) is 0 Å². The van der Waals surface area contributed by atoms with E-state index in [1.54, 1.807) is 5.57 Å². The fraction of sp³-hybridized carbons (Fsp3) is 0.353. The van der Waals surface area contributed by atoms with Crippen LogP contribution < -0.4 is 0 Å². The summed E-state index contributed by atoms with van der Waals surface area (Å²) >= 11 is 0. The average Bonchev–Trinajstić information content (AvgIpc) is 2.60. The van der Waals surface area contributed by atoms with Crippen molar-refractivity contribution in [3.63, 3.8) is 0 Å². The molecule has 2 atom stereocenters. The van der Waals surface area contributed by atoms with Crippen LogP contribution in [0.5, 0.6) is 0 Å². The Morgan fingerprint density at radius 2 is 2.05 bits per heavy atom. The normalized spacial score (nSPS) is 25.8. The molecular weight excluding hydrogens is 232 g/mol. The minimum absolute atomic E-state index is 0.624. The van der Waals surface area contributed by atoms with Crippen molar-refractivity contribution < 1.29 is 0 Å². The second kappa shape index (κ2) is 3.01. The molecule has 4 bridgehead atoms. The molecule has 4 heterocycles. The van der Waals surface area contributed by atoms with E-state index in [1.807, 2.05) is 0 Å². The molecule has 0 amide bonds. The van der Waals surface area contributed by atoms with E-state index in [-0.39, 0.29) is 0 Å². The van der Waals surface area contributed by atoms with E-state index in [0.717, 1.165) is 5.92 Å². The number of hydrogen-bond donors (Lipinski definition) is 0. The monoisotopic (exact) mass is 248 g/mol. The zero-order valence-corrected chi connectivity index (χ0v) is 11.3. The molecule has 3 aliphatic heterocycles. The lowest BCUT2D eigenvalue weighted by molar-refractivity contribution is 0.474. The number of aryl methyl sites for hydroxylation is 1. The molecule has 6 rings (SSSR count). The largest absolute Gasteiger partial charge is 0.300 e. The van der Waals surface area contributed by atoms with Gasteiger partial charge in [0.1, 0.15) is 5.82 Å². The number of fused-ring (bicyclic) bond motifs is 3. The third kappa shape index (κ3) is 0.960. The first-order chi connectivity index (χ1) is 9.27. The lowest BCUT2D eigenvalue weighted by atomic mass is 9.65. The minimum atomic E-state index is 0.624. The van der Waals surface area contributed by atoms with Crippen LogP contribution in [0.15, 0.2) is 29.8 Å². The van der Waals surface area contributed by atoms with Gasteiger partial charge in [-0.25, -0.2) is 4.98 Å². The van der Waals surface area contributed by atoms with E-state index in [1.165, 1.54) is 46.9 Å². The van der Waals surface area contributed by atoms with E-state index in [4.69, 9.17) is 4.98 Å². The van der Waals surface area contributed by atoms with Gasteiger partial charge in [0, 0.05) is 22.9 Å². The average molecular weight is 248 g/mol. The first-order valence-electron chi connectivity index (χ1n) is 7.16. The first kappa shape index (κ1) is 10.0. The molecule has 4 aliphatic rings. The fourth-order valence-corrected chi connectivity index (χ4v) is 4.40. The van der Waals surface area contributed by atoms with Gasteiger partial charge in [0.15, 0.2) is 0 Å². The predicted octanol–water partition coefficient (Wildman–Crippen LogP) is 3.76. The second-order valence-corrected chi connectivity index (χ2v) is 6.08. The zero-order valence-electron chi connectivity index (χ0n) is 11.3. The molecule has 0 radical (unpaired) electrons. The molecule has 1 unspecified atom stereocenters. The number of benzene rings is 1. The number of rotatable bonds is 0. The smallest absolute Gasteiger partial charge is 0.145 e. The molecule has 2 nitrogen and oxygen atoms in total. The van der Waals surface area contributed by atoms with Crippen molar-refractivity contribution in [2.45, 2.75) is 32.6 Å². The quantitative estimate of drug-likeness (QED) is 0.694. The zero-order chi connectivity index (χ0) is 12.7. The van der Waals surface area contributed by atoms with Crippen molar-refractivity contribution in [1.82, 2.24) is 9.55 Å². The highest BCUT2D eigenvalue weighted by Crippen LogP contribution is 2.59. The van der Waals surface area contributed by atoms with Crippen LogP contribution in [0.1, 0.15) is 36.2 Å². The number of imidazole rings is 1. The summed E-state index contributed by atoms with van der Waals surface area (Å²) in [5.74, 6) is 2.55. The van der Waals surface area contributed by atoms with Gasteiger partial charge in [-0.1, -0.05) is 24.3 Å². The highest BCUT2D eigenvalue weighted by molar-refractivity contribution is 5.83.